The first-order valence-electron chi connectivity index (χ1n) is 8.91. The summed E-state index contributed by atoms with van der Waals surface area (Å²) in [6, 6.07) is 3.28. The Balaban J connectivity index is 2.64. The van der Waals surface area contributed by atoms with Gasteiger partial charge < -0.3 is 24.6 Å². The van der Waals surface area contributed by atoms with Gasteiger partial charge in [0.2, 0.25) is 0 Å². The summed E-state index contributed by atoms with van der Waals surface area (Å²) in [6.07, 6.45) is -4.22. The number of phenols is 1. The second kappa shape index (κ2) is 10.5. The van der Waals surface area contributed by atoms with Gasteiger partial charge in [-0.2, -0.15) is 13.2 Å². The van der Waals surface area contributed by atoms with E-state index in [0.29, 0.717) is 31.4 Å². The Kier molecular flexibility index (Phi) is 9.03. The van der Waals surface area contributed by atoms with E-state index in [1.54, 1.807) is 20.8 Å². The maximum absolute atomic E-state index is 13.0. The van der Waals surface area contributed by atoms with Gasteiger partial charge in [0.25, 0.3) is 0 Å². The molecule has 160 valence electrons. The van der Waals surface area contributed by atoms with Crippen molar-refractivity contribution in [2.75, 3.05) is 20.4 Å². The van der Waals surface area contributed by atoms with Crippen LogP contribution in [0.3, 0.4) is 0 Å². The van der Waals surface area contributed by atoms with E-state index in [1.807, 2.05) is 0 Å². The number of hydrogen-bond donors (Lipinski definition) is 2. The molecule has 28 heavy (non-hydrogen) atoms. The molecule has 9 heteroatoms. The molecule has 1 aromatic carbocycles. The van der Waals surface area contributed by atoms with Crippen LogP contribution >= 0.6 is 0 Å². The van der Waals surface area contributed by atoms with Gasteiger partial charge in [-0.15, -0.1) is 0 Å². The first kappa shape index (κ1) is 24.0. The van der Waals surface area contributed by atoms with Gasteiger partial charge in [0.1, 0.15) is 18.1 Å². The lowest BCUT2D eigenvalue weighted by Gasteiger charge is -2.21. The number of hydrogen-bond acceptors (Lipinski definition) is 5. The summed E-state index contributed by atoms with van der Waals surface area (Å²) in [6.45, 7) is 5.57. The van der Waals surface area contributed by atoms with E-state index in [4.69, 9.17) is 14.2 Å². The van der Waals surface area contributed by atoms with Crippen molar-refractivity contribution < 1.29 is 37.3 Å². The second-order valence-electron chi connectivity index (χ2n) is 7.26. The maximum atomic E-state index is 13.0. The van der Waals surface area contributed by atoms with Crippen LogP contribution in [0.1, 0.15) is 57.3 Å². The number of benzene rings is 1. The van der Waals surface area contributed by atoms with Gasteiger partial charge in [-0.05, 0) is 57.7 Å². The highest BCUT2D eigenvalue weighted by atomic mass is 19.4. The Labute approximate surface area is 163 Å². The van der Waals surface area contributed by atoms with Crippen molar-refractivity contribution >= 4 is 6.09 Å². The minimum absolute atomic E-state index is 0.0803. The van der Waals surface area contributed by atoms with Crippen molar-refractivity contribution in [3.05, 3.63) is 29.3 Å². The SMILES string of the molecule is COCOC(CCCCNC(=O)OC(C)(C)C)c1ccc(O)c(C(F)(F)F)c1. The molecule has 0 aliphatic carbocycles. The summed E-state index contributed by atoms with van der Waals surface area (Å²) in [4.78, 5) is 11.6. The molecule has 0 aliphatic heterocycles. The van der Waals surface area contributed by atoms with Crippen LogP contribution in [-0.2, 0) is 20.4 Å². The van der Waals surface area contributed by atoms with Gasteiger partial charge in [0, 0.05) is 13.7 Å². The molecule has 0 aliphatic rings. The van der Waals surface area contributed by atoms with E-state index in [-0.39, 0.29) is 6.79 Å². The van der Waals surface area contributed by atoms with Crippen LogP contribution in [0.25, 0.3) is 0 Å². The minimum Gasteiger partial charge on any atom is -0.507 e. The van der Waals surface area contributed by atoms with Gasteiger partial charge in [0.05, 0.1) is 11.7 Å². The average molecular weight is 407 g/mol. The molecule has 1 aromatic rings. The zero-order chi connectivity index (χ0) is 21.4. The molecule has 0 fully saturated rings. The summed E-state index contributed by atoms with van der Waals surface area (Å²) < 4.78 is 54.5. The molecule has 6 nitrogen and oxygen atoms in total. The Morgan fingerprint density at radius 2 is 1.89 bits per heavy atom. The number of unbranched alkanes of at least 4 members (excludes halogenated alkanes) is 1. The van der Waals surface area contributed by atoms with Gasteiger partial charge in [-0.25, -0.2) is 4.79 Å². The van der Waals surface area contributed by atoms with E-state index in [2.05, 4.69) is 5.32 Å². The molecule has 1 atom stereocenters. The van der Waals surface area contributed by atoms with Crippen LogP contribution < -0.4 is 5.32 Å². The fourth-order valence-electron chi connectivity index (χ4n) is 2.44. The van der Waals surface area contributed by atoms with E-state index in [9.17, 15) is 23.1 Å². The first-order valence-corrected chi connectivity index (χ1v) is 8.91. The second-order valence-corrected chi connectivity index (χ2v) is 7.26. The Hall–Kier alpha value is -2.00. The fraction of sp³-hybridized carbons (Fsp3) is 0.632. The highest BCUT2D eigenvalue weighted by molar-refractivity contribution is 5.67. The molecule has 0 heterocycles. The molecule has 1 unspecified atom stereocenters. The molecule has 0 bridgehead atoms. The number of alkyl halides is 3. The maximum Gasteiger partial charge on any atom is 0.419 e. The number of nitrogens with one attached hydrogen (secondary N) is 1. The number of aromatic hydroxyl groups is 1. The third-order valence-corrected chi connectivity index (χ3v) is 3.65. The lowest BCUT2D eigenvalue weighted by Crippen LogP contribution is -2.33. The monoisotopic (exact) mass is 407 g/mol. The molecule has 0 saturated heterocycles. The van der Waals surface area contributed by atoms with Crippen molar-refractivity contribution in [1.29, 1.82) is 0 Å². The molecule has 0 aromatic heterocycles. The zero-order valence-electron chi connectivity index (χ0n) is 16.6. The van der Waals surface area contributed by atoms with Crippen molar-refractivity contribution in [1.82, 2.24) is 5.32 Å². The summed E-state index contributed by atoms with van der Waals surface area (Å²) in [5, 5.41) is 12.1. The fourth-order valence-corrected chi connectivity index (χ4v) is 2.44. The molecule has 0 spiro atoms. The van der Waals surface area contributed by atoms with Gasteiger partial charge >= 0.3 is 12.3 Å². The number of halogens is 3. The van der Waals surface area contributed by atoms with Crippen molar-refractivity contribution in [3.8, 4) is 5.75 Å². The third-order valence-electron chi connectivity index (χ3n) is 3.65. The van der Waals surface area contributed by atoms with Crippen molar-refractivity contribution in [2.24, 2.45) is 0 Å². The van der Waals surface area contributed by atoms with Crippen LogP contribution in [0.5, 0.6) is 5.75 Å². The Morgan fingerprint density at radius 1 is 1.21 bits per heavy atom. The van der Waals surface area contributed by atoms with E-state index in [1.165, 1.54) is 13.2 Å². The number of ether oxygens (including phenoxy) is 3. The van der Waals surface area contributed by atoms with Crippen LogP contribution in [0, 0.1) is 0 Å². The largest absolute Gasteiger partial charge is 0.507 e. The number of alkyl carbamates (subject to hydrolysis) is 1. The lowest BCUT2D eigenvalue weighted by molar-refractivity contribution is -0.139. The Morgan fingerprint density at radius 3 is 2.46 bits per heavy atom. The van der Waals surface area contributed by atoms with Gasteiger partial charge in [-0.1, -0.05) is 6.07 Å². The minimum atomic E-state index is -4.66. The van der Waals surface area contributed by atoms with E-state index < -0.39 is 35.3 Å². The van der Waals surface area contributed by atoms with Crippen LogP contribution in [-0.4, -0.2) is 37.2 Å². The summed E-state index contributed by atoms with van der Waals surface area (Å²) in [5.74, 6) is -0.830. The van der Waals surface area contributed by atoms with Crippen LogP contribution in [0.2, 0.25) is 0 Å². The van der Waals surface area contributed by atoms with Crippen molar-refractivity contribution in [3.63, 3.8) is 0 Å². The number of methoxy groups -OCH3 is 1. The smallest absolute Gasteiger partial charge is 0.419 e. The quantitative estimate of drug-likeness (QED) is 0.456. The topological polar surface area (TPSA) is 77.0 Å². The summed E-state index contributed by atoms with van der Waals surface area (Å²) in [5.41, 5.74) is -1.40. The molecule has 1 rings (SSSR count). The predicted molar refractivity (Wildman–Crippen MR) is 96.9 cm³/mol. The average Bonchev–Trinajstić information content (AvgIpc) is 2.55. The van der Waals surface area contributed by atoms with Crippen molar-refractivity contribution in [2.45, 2.75) is 57.9 Å². The summed E-state index contributed by atoms with van der Waals surface area (Å²) in [7, 11) is 1.42. The van der Waals surface area contributed by atoms with Gasteiger partial charge in [0.15, 0.2) is 0 Å². The van der Waals surface area contributed by atoms with Gasteiger partial charge in [-0.3, -0.25) is 0 Å². The number of rotatable bonds is 9. The van der Waals surface area contributed by atoms with E-state index >= 15 is 0 Å². The number of phenolic OH excluding ortho intramolecular Hbond substituents is 1. The normalized spacial score (nSPS) is 13.2. The molecular weight excluding hydrogens is 379 g/mol. The third kappa shape index (κ3) is 8.79. The number of carbonyl (C=O) groups is 1. The number of amides is 1. The Bertz CT molecular complexity index is 629. The highest BCUT2D eigenvalue weighted by Gasteiger charge is 2.34. The van der Waals surface area contributed by atoms with E-state index in [0.717, 1.165) is 12.1 Å². The predicted octanol–water partition coefficient (Wildman–Crippen LogP) is 4.77. The molecular formula is C19H28F3NO5. The molecule has 1 amide bonds. The zero-order valence-corrected chi connectivity index (χ0v) is 16.6. The molecule has 0 radical (unpaired) electrons. The molecule has 2 N–H and O–H groups in total. The molecule has 0 saturated carbocycles. The first-order chi connectivity index (χ1) is 12.9. The number of carbonyl (C=O) groups excluding carboxylic acids is 1. The highest BCUT2D eigenvalue weighted by Crippen LogP contribution is 2.38. The van der Waals surface area contributed by atoms with Crippen LogP contribution in [0.4, 0.5) is 18.0 Å². The van der Waals surface area contributed by atoms with Crippen LogP contribution in [0.15, 0.2) is 18.2 Å². The summed E-state index contributed by atoms with van der Waals surface area (Å²) >= 11 is 0. The standard InChI is InChI=1S/C19H28F3NO5/c1-18(2,3)28-17(25)23-10-6-5-7-16(27-12-26-4)13-8-9-15(24)14(11-13)19(20,21)22/h8-9,11,16,24H,5-7,10,12H2,1-4H3,(H,23,25). The lowest BCUT2D eigenvalue weighted by atomic mass is 10.0.